The summed E-state index contributed by atoms with van der Waals surface area (Å²) < 4.78 is 32.9. The lowest BCUT2D eigenvalue weighted by atomic mass is 9.98. The number of ether oxygens (including phenoxy) is 1. The summed E-state index contributed by atoms with van der Waals surface area (Å²) in [6, 6.07) is 14.0. The molecule has 176 valence electrons. The molecular formula is C25H30N2O5S. The number of carbonyl (C=O) groups excluding carboxylic acids is 2. The van der Waals surface area contributed by atoms with Crippen molar-refractivity contribution in [3.63, 3.8) is 0 Å². The average molecular weight is 471 g/mol. The maximum Gasteiger partial charge on any atom is 0.314 e. The molecule has 0 radical (unpaired) electrons. The molecule has 33 heavy (non-hydrogen) atoms. The Morgan fingerprint density at radius 3 is 2.15 bits per heavy atom. The molecule has 0 bridgehead atoms. The maximum absolute atomic E-state index is 13.0. The Labute approximate surface area is 195 Å². The summed E-state index contributed by atoms with van der Waals surface area (Å²) in [6.07, 6.45) is 2.26. The van der Waals surface area contributed by atoms with Crippen molar-refractivity contribution in [1.82, 2.24) is 4.31 Å². The summed E-state index contributed by atoms with van der Waals surface area (Å²) in [6.45, 7) is 5.40. The molecule has 0 aromatic heterocycles. The fourth-order valence-electron chi connectivity index (χ4n) is 4.32. The third kappa shape index (κ3) is 5.12. The first-order chi connectivity index (χ1) is 15.8. The van der Waals surface area contributed by atoms with Gasteiger partial charge in [-0.05, 0) is 67.1 Å². The zero-order valence-corrected chi connectivity index (χ0v) is 19.9. The molecule has 1 amide bonds. The minimum absolute atomic E-state index is 0.109. The van der Waals surface area contributed by atoms with Crippen molar-refractivity contribution in [3.8, 4) is 5.75 Å². The van der Waals surface area contributed by atoms with E-state index in [1.807, 2.05) is 12.1 Å². The number of sulfonamides is 1. The minimum Gasteiger partial charge on any atom is -0.426 e. The van der Waals surface area contributed by atoms with Gasteiger partial charge in [-0.2, -0.15) is 4.31 Å². The molecule has 2 aromatic carbocycles. The molecule has 0 aliphatic carbocycles. The van der Waals surface area contributed by atoms with E-state index in [9.17, 15) is 18.0 Å². The molecule has 8 heteroatoms. The SMILES string of the molecule is CC(C)c1ccc(S(=O)(=O)N2CCC(C(=O)Oc3ccc(N4CCCC4=O)cc3)CC2)cc1. The molecule has 2 fully saturated rings. The van der Waals surface area contributed by atoms with Gasteiger partial charge < -0.3 is 9.64 Å². The lowest BCUT2D eigenvalue weighted by Crippen LogP contribution is -2.41. The Hall–Kier alpha value is -2.71. The normalized spacial score (nSPS) is 18.2. The first kappa shape index (κ1) is 23.4. The number of hydrogen-bond acceptors (Lipinski definition) is 5. The number of esters is 1. The van der Waals surface area contributed by atoms with E-state index in [1.54, 1.807) is 41.3 Å². The Kier molecular flexibility index (Phi) is 6.86. The molecule has 7 nitrogen and oxygen atoms in total. The van der Waals surface area contributed by atoms with Crippen molar-refractivity contribution in [2.45, 2.75) is 50.3 Å². The number of benzene rings is 2. The van der Waals surface area contributed by atoms with Crippen LogP contribution in [0.2, 0.25) is 0 Å². The van der Waals surface area contributed by atoms with E-state index in [4.69, 9.17) is 4.74 Å². The molecule has 0 N–H and O–H groups in total. The predicted octanol–water partition coefficient (Wildman–Crippen LogP) is 3.94. The van der Waals surface area contributed by atoms with E-state index < -0.39 is 10.0 Å². The van der Waals surface area contributed by atoms with Gasteiger partial charge in [-0.25, -0.2) is 8.42 Å². The molecule has 0 atom stereocenters. The van der Waals surface area contributed by atoms with Gasteiger partial charge in [-0.3, -0.25) is 9.59 Å². The summed E-state index contributed by atoms with van der Waals surface area (Å²) in [4.78, 5) is 26.5. The van der Waals surface area contributed by atoms with Crippen LogP contribution < -0.4 is 9.64 Å². The number of rotatable bonds is 6. The van der Waals surface area contributed by atoms with E-state index in [1.165, 1.54) is 4.31 Å². The van der Waals surface area contributed by atoms with Crippen LogP contribution in [0.1, 0.15) is 51.0 Å². The van der Waals surface area contributed by atoms with Crippen molar-refractivity contribution in [1.29, 1.82) is 0 Å². The second-order valence-electron chi connectivity index (χ2n) is 8.97. The van der Waals surface area contributed by atoms with E-state index in [0.717, 1.165) is 17.7 Å². The molecule has 4 rings (SSSR count). The van der Waals surface area contributed by atoms with Gasteiger partial charge in [0.2, 0.25) is 15.9 Å². The topological polar surface area (TPSA) is 84.0 Å². The van der Waals surface area contributed by atoms with Gasteiger partial charge in [-0.1, -0.05) is 26.0 Å². The van der Waals surface area contributed by atoms with Gasteiger partial charge in [0, 0.05) is 31.7 Å². The lowest BCUT2D eigenvalue weighted by Gasteiger charge is -2.30. The Balaban J connectivity index is 1.32. The summed E-state index contributed by atoms with van der Waals surface area (Å²) in [5, 5.41) is 0. The molecule has 2 aromatic rings. The summed E-state index contributed by atoms with van der Waals surface area (Å²) in [5.74, 6) is 0.174. The molecule has 0 spiro atoms. The average Bonchev–Trinajstić information content (AvgIpc) is 3.25. The van der Waals surface area contributed by atoms with Crippen molar-refractivity contribution in [2.24, 2.45) is 5.92 Å². The first-order valence-electron chi connectivity index (χ1n) is 11.5. The summed E-state index contributed by atoms with van der Waals surface area (Å²) in [5.41, 5.74) is 1.90. The van der Waals surface area contributed by atoms with Crippen molar-refractivity contribution in [2.75, 3.05) is 24.5 Å². The number of anilines is 1. The third-order valence-corrected chi connectivity index (χ3v) is 8.32. The standard InChI is InChI=1S/C25H30N2O5S/c1-18(2)19-5-11-23(12-6-19)33(30,31)26-16-13-20(14-17-26)25(29)32-22-9-7-21(8-10-22)27-15-3-4-24(27)28/h5-12,18,20H,3-4,13-17H2,1-2H3. The highest BCUT2D eigenvalue weighted by atomic mass is 32.2. The van der Waals surface area contributed by atoms with E-state index in [0.29, 0.717) is 37.5 Å². The van der Waals surface area contributed by atoms with Crippen LogP contribution >= 0.6 is 0 Å². The van der Waals surface area contributed by atoms with Crippen LogP contribution in [0, 0.1) is 5.92 Å². The quantitative estimate of drug-likeness (QED) is 0.472. The zero-order valence-electron chi connectivity index (χ0n) is 19.1. The van der Waals surface area contributed by atoms with Crippen LogP contribution in [-0.4, -0.2) is 44.2 Å². The Bertz CT molecular complexity index is 1100. The van der Waals surface area contributed by atoms with Gasteiger partial charge in [0.15, 0.2) is 0 Å². The monoisotopic (exact) mass is 470 g/mol. The molecule has 2 aliphatic rings. The highest BCUT2D eigenvalue weighted by Gasteiger charge is 2.33. The highest BCUT2D eigenvalue weighted by Crippen LogP contribution is 2.28. The molecule has 2 heterocycles. The molecule has 0 unspecified atom stereocenters. The highest BCUT2D eigenvalue weighted by molar-refractivity contribution is 7.89. The van der Waals surface area contributed by atoms with E-state index >= 15 is 0 Å². The van der Waals surface area contributed by atoms with E-state index in [-0.39, 0.29) is 35.8 Å². The van der Waals surface area contributed by atoms with Crippen molar-refractivity contribution < 1.29 is 22.7 Å². The molecule has 2 saturated heterocycles. The summed E-state index contributed by atoms with van der Waals surface area (Å²) >= 11 is 0. The van der Waals surface area contributed by atoms with Gasteiger partial charge in [0.1, 0.15) is 5.75 Å². The van der Waals surface area contributed by atoms with Crippen molar-refractivity contribution >= 4 is 27.6 Å². The number of carbonyl (C=O) groups is 2. The molecule has 0 saturated carbocycles. The number of hydrogen-bond donors (Lipinski definition) is 0. The van der Waals surface area contributed by atoms with E-state index in [2.05, 4.69) is 13.8 Å². The van der Waals surface area contributed by atoms with Gasteiger partial charge in [-0.15, -0.1) is 0 Å². The number of piperidine rings is 1. The lowest BCUT2D eigenvalue weighted by molar-refractivity contribution is -0.140. The maximum atomic E-state index is 13.0. The van der Waals surface area contributed by atoms with Crippen LogP contribution in [0.3, 0.4) is 0 Å². The number of nitrogens with zero attached hydrogens (tertiary/aromatic N) is 2. The van der Waals surface area contributed by atoms with Crippen LogP contribution in [0.5, 0.6) is 5.75 Å². The Morgan fingerprint density at radius 1 is 0.970 bits per heavy atom. The minimum atomic E-state index is -3.58. The van der Waals surface area contributed by atoms with Crippen LogP contribution in [0.4, 0.5) is 5.69 Å². The van der Waals surface area contributed by atoms with Crippen LogP contribution in [-0.2, 0) is 19.6 Å². The molecular weight excluding hydrogens is 440 g/mol. The smallest absolute Gasteiger partial charge is 0.314 e. The fourth-order valence-corrected chi connectivity index (χ4v) is 5.79. The zero-order chi connectivity index (χ0) is 23.6. The number of amides is 1. The van der Waals surface area contributed by atoms with Crippen LogP contribution in [0.25, 0.3) is 0 Å². The van der Waals surface area contributed by atoms with Gasteiger partial charge in [0.05, 0.1) is 10.8 Å². The second-order valence-corrected chi connectivity index (χ2v) is 10.9. The first-order valence-corrected chi connectivity index (χ1v) is 12.9. The largest absolute Gasteiger partial charge is 0.426 e. The van der Waals surface area contributed by atoms with Crippen molar-refractivity contribution in [3.05, 3.63) is 54.1 Å². The summed E-state index contributed by atoms with van der Waals surface area (Å²) in [7, 11) is -3.58. The predicted molar refractivity (Wildman–Crippen MR) is 126 cm³/mol. The fraction of sp³-hybridized carbons (Fsp3) is 0.440. The third-order valence-electron chi connectivity index (χ3n) is 6.41. The molecule has 2 aliphatic heterocycles. The van der Waals surface area contributed by atoms with Gasteiger partial charge >= 0.3 is 5.97 Å². The van der Waals surface area contributed by atoms with Crippen LogP contribution in [0.15, 0.2) is 53.4 Å². The van der Waals surface area contributed by atoms with Gasteiger partial charge in [0.25, 0.3) is 0 Å². The second kappa shape index (κ2) is 9.65. The Morgan fingerprint density at radius 2 is 1.61 bits per heavy atom.